The molecule has 0 aliphatic carbocycles. The second-order valence-corrected chi connectivity index (χ2v) is 7.73. The third-order valence-electron chi connectivity index (χ3n) is 2.92. The maximum Gasteiger partial charge on any atom is 0.257 e. The van der Waals surface area contributed by atoms with Crippen LogP contribution in [0.3, 0.4) is 0 Å². The quantitative estimate of drug-likeness (QED) is 0.487. The van der Waals surface area contributed by atoms with Crippen molar-refractivity contribution in [3.05, 3.63) is 70.2 Å². The van der Waals surface area contributed by atoms with Gasteiger partial charge in [0.25, 0.3) is 5.91 Å². The molecule has 3 rings (SSSR count). The van der Waals surface area contributed by atoms with E-state index in [2.05, 4.69) is 43.6 Å². The van der Waals surface area contributed by atoms with Crippen LogP contribution in [0.1, 0.15) is 15.9 Å². The van der Waals surface area contributed by atoms with Crippen LogP contribution in [0.2, 0.25) is 0 Å². The molecule has 2 aromatic carbocycles. The normalized spacial score (nSPS) is 10.5. The highest BCUT2D eigenvalue weighted by atomic mass is 79.9. The summed E-state index contributed by atoms with van der Waals surface area (Å²) < 4.78 is 1.69. The standard InChI is InChI=1S/C16H12BrN3OS2/c17-13-8-4-7-12(9-13)14(21)18-15-19-20-16(23-15)22-10-11-5-2-1-3-6-11/h1-9H,10H2,(H,18,19,21). The molecule has 3 aromatic rings. The largest absolute Gasteiger partial charge is 0.296 e. The molecular formula is C16H12BrN3OS2. The number of halogens is 1. The van der Waals surface area contributed by atoms with E-state index in [1.807, 2.05) is 30.3 Å². The highest BCUT2D eigenvalue weighted by molar-refractivity contribution is 9.10. The lowest BCUT2D eigenvalue weighted by atomic mass is 10.2. The molecule has 23 heavy (non-hydrogen) atoms. The summed E-state index contributed by atoms with van der Waals surface area (Å²) in [6, 6.07) is 17.4. The summed E-state index contributed by atoms with van der Waals surface area (Å²) in [6.07, 6.45) is 0. The molecule has 0 atom stereocenters. The molecule has 0 aliphatic rings. The summed E-state index contributed by atoms with van der Waals surface area (Å²) in [5, 5.41) is 11.4. The van der Waals surface area contributed by atoms with E-state index in [0.29, 0.717) is 10.7 Å². The maximum absolute atomic E-state index is 12.2. The molecule has 1 N–H and O–H groups in total. The fourth-order valence-corrected chi connectivity index (χ4v) is 3.94. The topological polar surface area (TPSA) is 54.9 Å². The van der Waals surface area contributed by atoms with E-state index < -0.39 is 0 Å². The van der Waals surface area contributed by atoms with Gasteiger partial charge in [-0.2, -0.15) is 0 Å². The van der Waals surface area contributed by atoms with Crippen LogP contribution in [0.5, 0.6) is 0 Å². The lowest BCUT2D eigenvalue weighted by Gasteiger charge is -2.01. The summed E-state index contributed by atoms with van der Waals surface area (Å²) in [6.45, 7) is 0. The minimum Gasteiger partial charge on any atom is -0.296 e. The smallest absolute Gasteiger partial charge is 0.257 e. The van der Waals surface area contributed by atoms with Gasteiger partial charge in [0, 0.05) is 15.8 Å². The van der Waals surface area contributed by atoms with E-state index >= 15 is 0 Å². The van der Waals surface area contributed by atoms with Crippen molar-refractivity contribution in [3.8, 4) is 0 Å². The predicted octanol–water partition coefficient (Wildman–Crippen LogP) is 4.85. The molecule has 0 saturated heterocycles. The average molecular weight is 406 g/mol. The number of nitrogens with zero attached hydrogens (tertiary/aromatic N) is 2. The van der Waals surface area contributed by atoms with Crippen molar-refractivity contribution in [1.82, 2.24) is 10.2 Å². The van der Waals surface area contributed by atoms with Gasteiger partial charge < -0.3 is 0 Å². The predicted molar refractivity (Wildman–Crippen MR) is 98.0 cm³/mol. The summed E-state index contributed by atoms with van der Waals surface area (Å²) in [7, 11) is 0. The Hall–Kier alpha value is -1.70. The Kier molecular flexibility index (Phi) is 5.43. The third kappa shape index (κ3) is 4.63. The number of thioether (sulfide) groups is 1. The van der Waals surface area contributed by atoms with Gasteiger partial charge in [-0.3, -0.25) is 10.1 Å². The molecule has 4 nitrogen and oxygen atoms in total. The van der Waals surface area contributed by atoms with Crippen molar-refractivity contribution in [3.63, 3.8) is 0 Å². The molecule has 7 heteroatoms. The number of hydrogen-bond donors (Lipinski definition) is 1. The molecule has 0 fully saturated rings. The molecule has 0 unspecified atom stereocenters. The molecule has 0 spiro atoms. The van der Waals surface area contributed by atoms with E-state index in [0.717, 1.165) is 14.6 Å². The minimum atomic E-state index is -0.193. The van der Waals surface area contributed by atoms with Gasteiger partial charge in [-0.1, -0.05) is 75.4 Å². The monoisotopic (exact) mass is 405 g/mol. The Balaban J connectivity index is 1.60. The zero-order valence-corrected chi connectivity index (χ0v) is 15.1. The van der Waals surface area contributed by atoms with Gasteiger partial charge in [0.2, 0.25) is 5.13 Å². The zero-order chi connectivity index (χ0) is 16.1. The second kappa shape index (κ2) is 7.72. The Labute approximate surface area is 150 Å². The Morgan fingerprint density at radius 2 is 1.96 bits per heavy atom. The van der Waals surface area contributed by atoms with E-state index in [9.17, 15) is 4.79 Å². The summed E-state index contributed by atoms with van der Waals surface area (Å²) in [5.41, 5.74) is 1.81. The van der Waals surface area contributed by atoms with Crippen LogP contribution in [0, 0.1) is 0 Å². The molecular weight excluding hydrogens is 394 g/mol. The first-order valence-electron chi connectivity index (χ1n) is 6.78. The Morgan fingerprint density at radius 1 is 1.13 bits per heavy atom. The number of carbonyl (C=O) groups is 1. The average Bonchev–Trinajstić information content (AvgIpc) is 3.01. The van der Waals surface area contributed by atoms with E-state index in [1.165, 1.54) is 16.9 Å². The van der Waals surface area contributed by atoms with Crippen molar-refractivity contribution < 1.29 is 4.79 Å². The van der Waals surface area contributed by atoms with Crippen LogP contribution in [0.4, 0.5) is 5.13 Å². The van der Waals surface area contributed by atoms with Gasteiger partial charge in [-0.25, -0.2) is 0 Å². The van der Waals surface area contributed by atoms with Gasteiger partial charge in [0.15, 0.2) is 4.34 Å². The van der Waals surface area contributed by atoms with Gasteiger partial charge >= 0.3 is 0 Å². The summed E-state index contributed by atoms with van der Waals surface area (Å²) in [5.74, 6) is 0.636. The summed E-state index contributed by atoms with van der Waals surface area (Å²) in [4.78, 5) is 12.2. The Morgan fingerprint density at radius 3 is 2.74 bits per heavy atom. The third-order valence-corrected chi connectivity index (χ3v) is 5.46. The SMILES string of the molecule is O=C(Nc1nnc(SCc2ccccc2)s1)c1cccc(Br)c1. The van der Waals surface area contributed by atoms with Crippen LogP contribution < -0.4 is 5.32 Å². The van der Waals surface area contributed by atoms with Crippen LogP contribution >= 0.6 is 39.0 Å². The molecule has 0 saturated carbocycles. The van der Waals surface area contributed by atoms with Crippen molar-refractivity contribution >= 4 is 50.1 Å². The first kappa shape index (κ1) is 16.2. The van der Waals surface area contributed by atoms with Crippen molar-refractivity contribution in [1.29, 1.82) is 0 Å². The van der Waals surface area contributed by atoms with Crippen LogP contribution in [-0.4, -0.2) is 16.1 Å². The minimum absolute atomic E-state index is 0.193. The highest BCUT2D eigenvalue weighted by Crippen LogP contribution is 2.28. The van der Waals surface area contributed by atoms with Crippen molar-refractivity contribution in [2.75, 3.05) is 5.32 Å². The van der Waals surface area contributed by atoms with E-state index in [1.54, 1.807) is 23.9 Å². The van der Waals surface area contributed by atoms with Gasteiger partial charge in [-0.15, -0.1) is 10.2 Å². The summed E-state index contributed by atoms with van der Waals surface area (Å²) >= 11 is 6.34. The number of aromatic nitrogens is 2. The molecule has 1 heterocycles. The van der Waals surface area contributed by atoms with Crippen molar-refractivity contribution in [2.45, 2.75) is 10.1 Å². The molecule has 0 bridgehead atoms. The molecule has 0 radical (unpaired) electrons. The molecule has 1 aromatic heterocycles. The van der Waals surface area contributed by atoms with E-state index in [-0.39, 0.29) is 5.91 Å². The number of carbonyl (C=O) groups excluding carboxylic acids is 1. The lowest BCUT2D eigenvalue weighted by molar-refractivity contribution is 0.102. The number of anilines is 1. The molecule has 1 amide bonds. The number of hydrogen-bond acceptors (Lipinski definition) is 5. The maximum atomic E-state index is 12.2. The van der Waals surface area contributed by atoms with Crippen LogP contribution in [0.15, 0.2) is 63.4 Å². The number of benzene rings is 2. The zero-order valence-electron chi connectivity index (χ0n) is 11.9. The van der Waals surface area contributed by atoms with E-state index in [4.69, 9.17) is 0 Å². The highest BCUT2D eigenvalue weighted by Gasteiger charge is 2.11. The fourth-order valence-electron chi connectivity index (χ4n) is 1.84. The molecule has 116 valence electrons. The van der Waals surface area contributed by atoms with Gasteiger partial charge in [0.05, 0.1) is 0 Å². The molecule has 0 aliphatic heterocycles. The number of nitrogens with one attached hydrogen (secondary N) is 1. The van der Waals surface area contributed by atoms with Gasteiger partial charge in [-0.05, 0) is 23.8 Å². The number of rotatable bonds is 5. The first-order valence-corrected chi connectivity index (χ1v) is 9.37. The lowest BCUT2D eigenvalue weighted by Crippen LogP contribution is -2.11. The van der Waals surface area contributed by atoms with Crippen LogP contribution in [0.25, 0.3) is 0 Å². The fraction of sp³-hybridized carbons (Fsp3) is 0.0625. The first-order chi connectivity index (χ1) is 11.2. The van der Waals surface area contributed by atoms with Crippen LogP contribution in [-0.2, 0) is 5.75 Å². The number of amides is 1. The van der Waals surface area contributed by atoms with Crippen molar-refractivity contribution in [2.24, 2.45) is 0 Å². The van der Waals surface area contributed by atoms with Gasteiger partial charge in [0.1, 0.15) is 0 Å². The second-order valence-electron chi connectivity index (χ2n) is 4.61. The Bertz CT molecular complexity index is 808.